The molecule has 1 heterocycles. The number of aryl methyl sites for hydroxylation is 1. The number of carbonyl (C=O) groups is 1. The van der Waals surface area contributed by atoms with Crippen molar-refractivity contribution in [3.8, 4) is 11.5 Å². The maximum absolute atomic E-state index is 12.3. The second kappa shape index (κ2) is 7.95. The lowest BCUT2D eigenvalue weighted by molar-refractivity contribution is -0.385. The third-order valence-corrected chi connectivity index (χ3v) is 5.41. The van der Waals surface area contributed by atoms with Gasteiger partial charge in [0.15, 0.2) is 17.6 Å². The van der Waals surface area contributed by atoms with E-state index in [2.05, 4.69) is 0 Å². The fourth-order valence-corrected chi connectivity index (χ4v) is 3.63. The maximum atomic E-state index is 12.3. The van der Waals surface area contributed by atoms with Gasteiger partial charge in [-0.2, -0.15) is 8.42 Å². The zero-order chi connectivity index (χ0) is 20.3. The standard InChI is InChI=1S/C18H17NO8S/c1-12-2-4-14(5-3-12)28(23,24)26-11-13-10-25-17-7-6-16(19(21)22)15(8-9-20)18(17)27-13/h2-7,9,13H,8,10-11H2,1H3/t13-/m1/s1. The fraction of sp³-hybridized carbons (Fsp3) is 0.278. The van der Waals surface area contributed by atoms with Crippen molar-refractivity contribution in [3.63, 3.8) is 0 Å². The quantitative estimate of drug-likeness (QED) is 0.296. The summed E-state index contributed by atoms with van der Waals surface area (Å²) < 4.78 is 40.8. The third kappa shape index (κ3) is 4.12. The Morgan fingerprint density at radius 3 is 2.61 bits per heavy atom. The lowest BCUT2D eigenvalue weighted by Gasteiger charge is -2.27. The van der Waals surface area contributed by atoms with Gasteiger partial charge in [-0.3, -0.25) is 14.3 Å². The molecule has 0 amide bonds. The van der Waals surface area contributed by atoms with Gasteiger partial charge >= 0.3 is 0 Å². The highest BCUT2D eigenvalue weighted by atomic mass is 32.2. The number of benzene rings is 2. The highest BCUT2D eigenvalue weighted by Crippen LogP contribution is 2.40. The number of nitrogens with zero attached hydrogens (tertiary/aromatic N) is 1. The van der Waals surface area contributed by atoms with E-state index in [1.165, 1.54) is 24.3 Å². The molecular formula is C18H17NO8S. The molecule has 0 saturated carbocycles. The first-order chi connectivity index (χ1) is 13.3. The Kier molecular flexibility index (Phi) is 5.61. The molecule has 28 heavy (non-hydrogen) atoms. The van der Waals surface area contributed by atoms with Gasteiger partial charge in [-0.15, -0.1) is 0 Å². The topological polar surface area (TPSA) is 122 Å². The summed E-state index contributed by atoms with van der Waals surface area (Å²) >= 11 is 0. The van der Waals surface area contributed by atoms with Crippen LogP contribution in [0.25, 0.3) is 0 Å². The molecule has 9 nitrogen and oxygen atoms in total. The van der Waals surface area contributed by atoms with Crippen LogP contribution in [-0.2, 0) is 25.5 Å². The van der Waals surface area contributed by atoms with Gasteiger partial charge in [-0.25, -0.2) is 0 Å². The molecule has 0 unspecified atom stereocenters. The van der Waals surface area contributed by atoms with Gasteiger partial charge < -0.3 is 14.3 Å². The van der Waals surface area contributed by atoms with Crippen LogP contribution in [0.5, 0.6) is 11.5 Å². The van der Waals surface area contributed by atoms with Gasteiger partial charge in [0, 0.05) is 12.5 Å². The Labute approximate surface area is 161 Å². The second-order valence-corrected chi connectivity index (χ2v) is 7.74. The zero-order valence-electron chi connectivity index (χ0n) is 14.9. The van der Waals surface area contributed by atoms with E-state index in [1.54, 1.807) is 12.1 Å². The van der Waals surface area contributed by atoms with E-state index in [4.69, 9.17) is 13.7 Å². The first-order valence-corrected chi connectivity index (χ1v) is 9.72. The Balaban J connectivity index is 1.77. The van der Waals surface area contributed by atoms with E-state index < -0.39 is 21.1 Å². The predicted molar refractivity (Wildman–Crippen MR) is 97.1 cm³/mol. The number of fused-ring (bicyclic) bond motifs is 1. The van der Waals surface area contributed by atoms with E-state index in [1.807, 2.05) is 6.92 Å². The minimum atomic E-state index is -4.00. The van der Waals surface area contributed by atoms with Crippen molar-refractivity contribution in [1.82, 2.24) is 0 Å². The number of nitro benzene ring substituents is 1. The summed E-state index contributed by atoms with van der Waals surface area (Å²) in [6.45, 7) is 1.48. The molecule has 2 aromatic rings. The van der Waals surface area contributed by atoms with Crippen LogP contribution in [0.1, 0.15) is 11.1 Å². The first kappa shape index (κ1) is 19.8. The number of hydrogen-bond donors (Lipinski definition) is 0. The van der Waals surface area contributed by atoms with Crippen molar-refractivity contribution >= 4 is 22.1 Å². The normalized spacial score (nSPS) is 15.8. The molecule has 0 radical (unpaired) electrons. The van der Waals surface area contributed by atoms with Crippen molar-refractivity contribution in [2.24, 2.45) is 0 Å². The molecule has 0 aliphatic carbocycles. The largest absolute Gasteiger partial charge is 0.486 e. The zero-order valence-corrected chi connectivity index (χ0v) is 15.7. The Hall–Kier alpha value is -2.98. The molecule has 1 atom stereocenters. The third-order valence-electron chi connectivity index (χ3n) is 4.11. The molecule has 1 aliphatic rings. The number of ether oxygens (including phenoxy) is 2. The molecule has 0 aromatic heterocycles. The molecule has 0 fully saturated rings. The molecule has 0 bridgehead atoms. The predicted octanol–water partition coefficient (Wildman–Crippen LogP) is 2.19. The van der Waals surface area contributed by atoms with Crippen LogP contribution in [-0.4, -0.2) is 38.9 Å². The number of aldehydes is 1. The van der Waals surface area contributed by atoms with Crippen LogP contribution >= 0.6 is 0 Å². The van der Waals surface area contributed by atoms with Crippen molar-refractivity contribution < 1.29 is 31.8 Å². The van der Waals surface area contributed by atoms with Crippen molar-refractivity contribution in [2.75, 3.05) is 13.2 Å². The summed E-state index contributed by atoms with van der Waals surface area (Å²) in [5.74, 6) is 0.300. The number of carbonyl (C=O) groups excluding carboxylic acids is 1. The lowest BCUT2D eigenvalue weighted by atomic mass is 10.1. The summed E-state index contributed by atoms with van der Waals surface area (Å²) in [6, 6.07) is 8.78. The van der Waals surface area contributed by atoms with Crippen LogP contribution in [0.15, 0.2) is 41.3 Å². The SMILES string of the molecule is Cc1ccc(S(=O)(=O)OC[C@H]2COc3ccc([N+](=O)[O-])c(CC=O)c3O2)cc1. The summed E-state index contributed by atoms with van der Waals surface area (Å²) in [5.41, 5.74) is 0.704. The summed E-state index contributed by atoms with van der Waals surface area (Å²) in [4.78, 5) is 21.5. The average Bonchev–Trinajstić information content (AvgIpc) is 2.67. The molecule has 148 valence electrons. The molecule has 0 N–H and O–H groups in total. The number of nitro groups is 1. The van der Waals surface area contributed by atoms with Crippen molar-refractivity contribution in [1.29, 1.82) is 0 Å². The van der Waals surface area contributed by atoms with Gasteiger partial charge in [-0.1, -0.05) is 17.7 Å². The second-order valence-electron chi connectivity index (χ2n) is 6.12. The van der Waals surface area contributed by atoms with Gasteiger partial charge in [0.05, 0.1) is 15.4 Å². The van der Waals surface area contributed by atoms with Crippen molar-refractivity contribution in [3.05, 3.63) is 57.6 Å². The monoisotopic (exact) mass is 407 g/mol. The fourth-order valence-electron chi connectivity index (χ4n) is 2.69. The molecule has 3 rings (SSSR count). The lowest BCUT2D eigenvalue weighted by Crippen LogP contribution is -2.34. The first-order valence-electron chi connectivity index (χ1n) is 8.31. The number of hydrogen-bond acceptors (Lipinski definition) is 8. The summed E-state index contributed by atoms with van der Waals surface area (Å²) in [5, 5.41) is 11.2. The molecule has 10 heteroatoms. The molecular weight excluding hydrogens is 390 g/mol. The summed E-state index contributed by atoms with van der Waals surface area (Å²) in [6.07, 6.45) is -0.536. The van der Waals surface area contributed by atoms with Crippen molar-refractivity contribution in [2.45, 2.75) is 24.3 Å². The van der Waals surface area contributed by atoms with E-state index in [-0.39, 0.29) is 47.3 Å². The average molecular weight is 407 g/mol. The highest BCUT2D eigenvalue weighted by molar-refractivity contribution is 7.86. The van der Waals surface area contributed by atoms with E-state index in [9.17, 15) is 23.3 Å². The van der Waals surface area contributed by atoms with E-state index >= 15 is 0 Å². The minimum Gasteiger partial charge on any atom is -0.486 e. The molecule has 0 saturated heterocycles. The van der Waals surface area contributed by atoms with Gasteiger partial charge in [-0.05, 0) is 25.1 Å². The Morgan fingerprint density at radius 1 is 1.25 bits per heavy atom. The van der Waals surface area contributed by atoms with Crippen LogP contribution in [0.4, 0.5) is 5.69 Å². The van der Waals surface area contributed by atoms with Gasteiger partial charge in [0.25, 0.3) is 15.8 Å². The minimum absolute atomic E-state index is 0.00520. The maximum Gasteiger partial charge on any atom is 0.297 e. The van der Waals surface area contributed by atoms with Gasteiger partial charge in [0.2, 0.25) is 0 Å². The van der Waals surface area contributed by atoms with Crippen LogP contribution in [0.2, 0.25) is 0 Å². The van der Waals surface area contributed by atoms with Crippen LogP contribution in [0, 0.1) is 17.0 Å². The smallest absolute Gasteiger partial charge is 0.297 e. The molecule has 0 spiro atoms. The van der Waals surface area contributed by atoms with E-state index in [0.29, 0.717) is 6.29 Å². The van der Waals surface area contributed by atoms with Crippen LogP contribution in [0.3, 0.4) is 0 Å². The molecule has 2 aromatic carbocycles. The Morgan fingerprint density at radius 2 is 1.96 bits per heavy atom. The highest BCUT2D eigenvalue weighted by Gasteiger charge is 2.30. The van der Waals surface area contributed by atoms with Gasteiger partial charge in [0.1, 0.15) is 19.5 Å². The van der Waals surface area contributed by atoms with E-state index in [0.717, 1.165) is 5.56 Å². The number of rotatable bonds is 7. The molecule has 1 aliphatic heterocycles. The summed E-state index contributed by atoms with van der Waals surface area (Å²) in [7, 11) is -4.00. The van der Waals surface area contributed by atoms with Crippen LogP contribution < -0.4 is 9.47 Å². The Bertz CT molecular complexity index is 1000.